The molecule has 2 rings (SSSR count). The van der Waals surface area contributed by atoms with Crippen molar-refractivity contribution in [2.45, 2.75) is 0 Å². The number of amides is 1. The number of aliphatic carboxylic acids is 1. The van der Waals surface area contributed by atoms with Gasteiger partial charge in [0.1, 0.15) is 17.9 Å². The van der Waals surface area contributed by atoms with Crippen LogP contribution in [0.25, 0.3) is 10.9 Å². The molecule has 1 heterocycles. The minimum atomic E-state index is -1.20. The Morgan fingerprint density at radius 3 is 2.68 bits per heavy atom. The number of carboxylic acids is 1. The van der Waals surface area contributed by atoms with Crippen molar-refractivity contribution in [1.82, 2.24) is 10.3 Å². The first kappa shape index (κ1) is 12.9. The zero-order valence-corrected chi connectivity index (χ0v) is 9.48. The van der Waals surface area contributed by atoms with Crippen LogP contribution in [-0.2, 0) is 4.79 Å². The molecule has 2 N–H and O–H groups in total. The van der Waals surface area contributed by atoms with Gasteiger partial charge >= 0.3 is 5.97 Å². The molecule has 0 saturated heterocycles. The van der Waals surface area contributed by atoms with E-state index in [-0.39, 0.29) is 16.5 Å². The Balaban J connectivity index is 2.36. The van der Waals surface area contributed by atoms with Gasteiger partial charge in [-0.1, -0.05) is 0 Å². The van der Waals surface area contributed by atoms with Gasteiger partial charge in [0.25, 0.3) is 5.91 Å². The average Bonchev–Trinajstić information content (AvgIpc) is 2.34. The molecule has 0 aliphatic heterocycles. The second-order valence-electron chi connectivity index (χ2n) is 3.76. The number of rotatable bonds is 3. The van der Waals surface area contributed by atoms with Crippen molar-refractivity contribution in [2.24, 2.45) is 0 Å². The molecule has 98 valence electrons. The van der Waals surface area contributed by atoms with Crippen LogP contribution in [0.3, 0.4) is 0 Å². The van der Waals surface area contributed by atoms with E-state index >= 15 is 0 Å². The number of benzene rings is 1. The van der Waals surface area contributed by atoms with Gasteiger partial charge in [-0.05, 0) is 12.1 Å². The van der Waals surface area contributed by atoms with Crippen LogP contribution >= 0.6 is 0 Å². The standard InChI is InChI=1S/C12H8F2N2O3/c13-8-2-6-1-7(12(19)16-5-10(17)18)4-15-11(6)9(14)3-8/h1-4H,5H2,(H,16,19)(H,17,18). The first-order chi connectivity index (χ1) is 8.97. The summed E-state index contributed by atoms with van der Waals surface area (Å²) in [6.07, 6.45) is 1.10. The first-order valence-corrected chi connectivity index (χ1v) is 5.22. The fourth-order valence-corrected chi connectivity index (χ4v) is 1.55. The third-order valence-corrected chi connectivity index (χ3v) is 2.36. The Morgan fingerprint density at radius 2 is 2.00 bits per heavy atom. The molecular formula is C12H8F2N2O3. The van der Waals surface area contributed by atoms with E-state index in [1.165, 1.54) is 6.07 Å². The van der Waals surface area contributed by atoms with Crippen LogP contribution in [0.5, 0.6) is 0 Å². The van der Waals surface area contributed by atoms with Gasteiger partial charge < -0.3 is 10.4 Å². The number of hydrogen-bond donors (Lipinski definition) is 2. The fourth-order valence-electron chi connectivity index (χ4n) is 1.55. The van der Waals surface area contributed by atoms with Gasteiger partial charge in [-0.15, -0.1) is 0 Å². The molecule has 0 aliphatic rings. The second-order valence-corrected chi connectivity index (χ2v) is 3.76. The summed E-state index contributed by atoms with van der Waals surface area (Å²) in [6, 6.07) is 2.98. The summed E-state index contributed by atoms with van der Waals surface area (Å²) in [5.41, 5.74) is -0.0325. The summed E-state index contributed by atoms with van der Waals surface area (Å²) in [5.74, 6) is -3.48. The molecule has 0 radical (unpaired) electrons. The molecule has 0 fully saturated rings. The molecule has 1 aromatic carbocycles. The van der Waals surface area contributed by atoms with E-state index < -0.39 is 30.1 Å². The number of nitrogens with zero attached hydrogens (tertiary/aromatic N) is 1. The summed E-state index contributed by atoms with van der Waals surface area (Å²) < 4.78 is 26.4. The van der Waals surface area contributed by atoms with Crippen LogP contribution in [0.15, 0.2) is 24.4 Å². The van der Waals surface area contributed by atoms with Gasteiger partial charge in [0.2, 0.25) is 0 Å². The van der Waals surface area contributed by atoms with Gasteiger partial charge in [-0.2, -0.15) is 0 Å². The Bertz CT molecular complexity index is 673. The van der Waals surface area contributed by atoms with Crippen molar-refractivity contribution >= 4 is 22.8 Å². The largest absolute Gasteiger partial charge is 0.480 e. The molecule has 5 nitrogen and oxygen atoms in total. The number of fused-ring (bicyclic) bond motifs is 1. The first-order valence-electron chi connectivity index (χ1n) is 5.22. The molecule has 0 spiro atoms. The lowest BCUT2D eigenvalue weighted by Crippen LogP contribution is -2.29. The fraction of sp³-hybridized carbons (Fsp3) is 0.0833. The number of pyridine rings is 1. The molecule has 0 atom stereocenters. The van der Waals surface area contributed by atoms with E-state index in [9.17, 15) is 18.4 Å². The molecule has 0 unspecified atom stereocenters. The summed E-state index contributed by atoms with van der Waals surface area (Å²) in [4.78, 5) is 25.6. The van der Waals surface area contributed by atoms with Crippen LogP contribution in [0.2, 0.25) is 0 Å². The van der Waals surface area contributed by atoms with Crippen LogP contribution in [0, 0.1) is 11.6 Å². The van der Waals surface area contributed by atoms with Gasteiger partial charge in [0, 0.05) is 17.6 Å². The highest BCUT2D eigenvalue weighted by Gasteiger charge is 2.11. The molecular weight excluding hydrogens is 258 g/mol. The third kappa shape index (κ3) is 2.82. The quantitative estimate of drug-likeness (QED) is 0.878. The monoisotopic (exact) mass is 266 g/mol. The number of hydrogen-bond acceptors (Lipinski definition) is 3. The van der Waals surface area contributed by atoms with Crippen LogP contribution in [0.1, 0.15) is 10.4 Å². The van der Waals surface area contributed by atoms with Crippen molar-refractivity contribution in [3.05, 3.63) is 41.6 Å². The Labute approximate surface area is 105 Å². The lowest BCUT2D eigenvalue weighted by atomic mass is 10.1. The van der Waals surface area contributed by atoms with Gasteiger partial charge in [0.05, 0.1) is 5.56 Å². The normalized spacial score (nSPS) is 10.4. The van der Waals surface area contributed by atoms with Crippen molar-refractivity contribution < 1.29 is 23.5 Å². The summed E-state index contributed by atoms with van der Waals surface area (Å²) in [7, 11) is 0. The highest BCUT2D eigenvalue weighted by molar-refractivity contribution is 5.98. The summed E-state index contributed by atoms with van der Waals surface area (Å²) >= 11 is 0. The van der Waals surface area contributed by atoms with Crippen molar-refractivity contribution in [3.8, 4) is 0 Å². The number of halogens is 2. The molecule has 0 saturated carbocycles. The van der Waals surface area contributed by atoms with Gasteiger partial charge in [0.15, 0.2) is 5.82 Å². The van der Waals surface area contributed by atoms with E-state index in [4.69, 9.17) is 5.11 Å². The second kappa shape index (κ2) is 4.97. The minimum Gasteiger partial charge on any atom is -0.480 e. The Morgan fingerprint density at radius 1 is 1.26 bits per heavy atom. The van der Waals surface area contributed by atoms with Gasteiger partial charge in [-0.3, -0.25) is 14.6 Å². The number of aromatic nitrogens is 1. The lowest BCUT2D eigenvalue weighted by Gasteiger charge is -2.04. The maximum Gasteiger partial charge on any atom is 0.322 e. The Hall–Kier alpha value is -2.57. The molecule has 7 heteroatoms. The Kier molecular flexibility index (Phi) is 3.37. The number of carbonyl (C=O) groups excluding carboxylic acids is 1. The number of nitrogens with one attached hydrogen (secondary N) is 1. The number of carboxylic acid groups (broad SMARTS) is 1. The van der Waals surface area contributed by atoms with Crippen molar-refractivity contribution in [2.75, 3.05) is 6.54 Å². The van der Waals surface area contributed by atoms with Crippen molar-refractivity contribution in [3.63, 3.8) is 0 Å². The molecule has 19 heavy (non-hydrogen) atoms. The topological polar surface area (TPSA) is 79.3 Å². The van der Waals surface area contributed by atoms with E-state index in [0.29, 0.717) is 6.07 Å². The van der Waals surface area contributed by atoms with Crippen LogP contribution in [0.4, 0.5) is 8.78 Å². The van der Waals surface area contributed by atoms with Crippen LogP contribution < -0.4 is 5.32 Å². The number of carbonyl (C=O) groups is 2. The smallest absolute Gasteiger partial charge is 0.322 e. The summed E-state index contributed by atoms with van der Waals surface area (Å²) in [5, 5.41) is 10.7. The maximum absolute atomic E-state index is 13.4. The zero-order valence-electron chi connectivity index (χ0n) is 9.48. The predicted molar refractivity (Wildman–Crippen MR) is 61.6 cm³/mol. The van der Waals surface area contributed by atoms with Crippen LogP contribution in [-0.4, -0.2) is 28.5 Å². The molecule has 0 aliphatic carbocycles. The zero-order chi connectivity index (χ0) is 14.0. The van der Waals surface area contributed by atoms with Gasteiger partial charge in [-0.25, -0.2) is 8.78 Å². The molecule has 1 amide bonds. The third-order valence-electron chi connectivity index (χ3n) is 2.36. The molecule has 1 aromatic heterocycles. The SMILES string of the molecule is O=C(O)CNC(=O)c1cnc2c(F)cc(F)cc2c1. The van der Waals surface area contributed by atoms with E-state index in [2.05, 4.69) is 10.3 Å². The predicted octanol–water partition coefficient (Wildman–Crippen LogP) is 1.33. The molecule has 2 aromatic rings. The highest BCUT2D eigenvalue weighted by Crippen LogP contribution is 2.18. The van der Waals surface area contributed by atoms with E-state index in [1.807, 2.05) is 0 Å². The average molecular weight is 266 g/mol. The van der Waals surface area contributed by atoms with Crippen molar-refractivity contribution in [1.29, 1.82) is 0 Å². The molecule has 0 bridgehead atoms. The van der Waals surface area contributed by atoms with E-state index in [0.717, 1.165) is 12.3 Å². The minimum absolute atomic E-state index is 0.0266. The maximum atomic E-state index is 13.4. The lowest BCUT2D eigenvalue weighted by molar-refractivity contribution is -0.135. The summed E-state index contributed by atoms with van der Waals surface area (Å²) in [6.45, 7) is -0.547. The van der Waals surface area contributed by atoms with E-state index in [1.54, 1.807) is 0 Å². The highest BCUT2D eigenvalue weighted by atomic mass is 19.1.